The average Bonchev–Trinajstić information content (AvgIpc) is 3.85. The smallest absolute Gasteiger partial charge is 0.0994 e. The molecule has 1 saturated heterocycles. The molecule has 1 aliphatic carbocycles. The lowest BCUT2D eigenvalue weighted by Gasteiger charge is -2.43. The fraction of sp³-hybridized carbons (Fsp3) is 0.295. The molecule has 10 rings (SSSR count). The van der Waals surface area contributed by atoms with Crippen LogP contribution in [0.25, 0.3) is 38.6 Å². The van der Waals surface area contributed by atoms with E-state index in [1.54, 1.807) is 0 Å². The monoisotopic (exact) mass is 839 g/mol. The number of hydrogen-bond donors (Lipinski definition) is 0. The van der Waals surface area contributed by atoms with Gasteiger partial charge in [-0.05, 0) is 145 Å². The number of hydrogen-bond acceptors (Lipinski definition) is 2. The van der Waals surface area contributed by atoms with E-state index in [-0.39, 0.29) is 16.4 Å². The number of benzene rings is 7. The molecule has 3 nitrogen and oxygen atoms in total. The standard InChI is InChI=1S/C61H64N3/c1-11-61(12-2)39-59(7,8)64(57-47(40(3)4)25-20-26-48(57)41(5)6)58(61)42-29-31-44(32-30-42)62(46-33-35-50-49-23-16-18-27-53(49)60(9,10)54(50)38-46)45-34-36-56-52(37-45)51-24-17-19-28-55(51)63(56)43-21-14-13-15-22-43/h13-38,40-41H,11-12,39H2,1-10H3. The molecule has 0 N–H and O–H groups in total. The Morgan fingerprint density at radius 2 is 1.11 bits per heavy atom. The van der Waals surface area contributed by atoms with Gasteiger partial charge in [-0.1, -0.05) is 152 Å². The number of rotatable bonds is 10. The molecule has 0 unspecified atom stereocenters. The zero-order chi connectivity index (χ0) is 44.7. The first-order chi connectivity index (χ1) is 30.8. The van der Waals surface area contributed by atoms with Crippen molar-refractivity contribution in [3.05, 3.63) is 192 Å². The van der Waals surface area contributed by atoms with Crippen LogP contribution in [0.1, 0.15) is 128 Å². The lowest BCUT2D eigenvalue weighted by molar-refractivity contribution is 0.284. The Balaban J connectivity index is 1.16. The van der Waals surface area contributed by atoms with Crippen LogP contribution in [0.3, 0.4) is 0 Å². The molecule has 3 heteroatoms. The van der Waals surface area contributed by atoms with Crippen molar-refractivity contribution in [2.24, 2.45) is 5.41 Å². The van der Waals surface area contributed by atoms with Crippen LogP contribution in [-0.4, -0.2) is 10.1 Å². The van der Waals surface area contributed by atoms with Crippen molar-refractivity contribution in [1.29, 1.82) is 0 Å². The molecular weight excluding hydrogens is 775 g/mol. The SMILES string of the molecule is CCC1(CC)CC(C)(C)N(c2c(C(C)C)cccc2C(C)C)[C]1c1ccc(N(c2ccc3c(c2)C(C)(C)c2ccccc2-3)c2ccc3c(c2)c2ccccc2n3-c2ccccc2)cc1. The van der Waals surface area contributed by atoms with Gasteiger partial charge in [-0.3, -0.25) is 0 Å². The van der Waals surface area contributed by atoms with Gasteiger partial charge in [0.05, 0.1) is 17.1 Å². The van der Waals surface area contributed by atoms with Gasteiger partial charge < -0.3 is 14.4 Å². The highest BCUT2D eigenvalue weighted by atomic mass is 15.3. The molecule has 1 fully saturated rings. The molecule has 7 aromatic carbocycles. The summed E-state index contributed by atoms with van der Waals surface area (Å²) in [4.78, 5) is 5.30. The van der Waals surface area contributed by atoms with Gasteiger partial charge in [0.2, 0.25) is 0 Å². The van der Waals surface area contributed by atoms with Crippen LogP contribution in [0.2, 0.25) is 0 Å². The van der Waals surface area contributed by atoms with Crippen LogP contribution >= 0.6 is 0 Å². The van der Waals surface area contributed by atoms with Crippen LogP contribution in [0.4, 0.5) is 22.7 Å². The molecule has 2 aliphatic rings. The van der Waals surface area contributed by atoms with Crippen molar-refractivity contribution in [1.82, 2.24) is 4.57 Å². The summed E-state index contributed by atoms with van der Waals surface area (Å²) in [5.74, 6) is 0.813. The second-order valence-corrected chi connectivity index (χ2v) is 20.4. The molecule has 1 aliphatic heterocycles. The number of aromatic nitrogens is 1. The van der Waals surface area contributed by atoms with E-state index in [1.807, 2.05) is 0 Å². The lowest BCUT2D eigenvalue weighted by Crippen LogP contribution is -2.42. The molecule has 2 heterocycles. The molecular formula is C61H64N3. The Kier molecular flexibility index (Phi) is 10.2. The summed E-state index contributed by atoms with van der Waals surface area (Å²) in [5.41, 5.74) is 18.0. The van der Waals surface area contributed by atoms with Gasteiger partial charge in [-0.2, -0.15) is 0 Å². The Morgan fingerprint density at radius 1 is 0.531 bits per heavy atom. The van der Waals surface area contributed by atoms with E-state index >= 15 is 0 Å². The van der Waals surface area contributed by atoms with Crippen LogP contribution < -0.4 is 9.80 Å². The zero-order valence-electron chi connectivity index (χ0n) is 39.6. The third kappa shape index (κ3) is 6.44. The first-order valence-corrected chi connectivity index (χ1v) is 23.8. The Hall–Kier alpha value is -6.06. The van der Waals surface area contributed by atoms with Crippen molar-refractivity contribution in [3.8, 4) is 16.8 Å². The van der Waals surface area contributed by atoms with Crippen LogP contribution in [0.5, 0.6) is 0 Å². The molecule has 1 aromatic heterocycles. The first-order valence-electron chi connectivity index (χ1n) is 23.8. The molecule has 64 heavy (non-hydrogen) atoms. The topological polar surface area (TPSA) is 11.4 Å². The highest BCUT2D eigenvalue weighted by Crippen LogP contribution is 2.61. The molecule has 0 bridgehead atoms. The fourth-order valence-electron chi connectivity index (χ4n) is 12.0. The lowest BCUT2D eigenvalue weighted by atomic mass is 9.71. The Labute approximate surface area is 382 Å². The number of nitrogens with zero attached hydrogens (tertiary/aromatic N) is 3. The molecule has 1 radical (unpaired) electrons. The minimum absolute atomic E-state index is 0.0433. The van der Waals surface area contributed by atoms with E-state index in [2.05, 4.69) is 241 Å². The van der Waals surface area contributed by atoms with Crippen molar-refractivity contribution in [3.63, 3.8) is 0 Å². The van der Waals surface area contributed by atoms with Crippen LogP contribution in [0, 0.1) is 11.5 Å². The molecule has 0 atom stereocenters. The van der Waals surface area contributed by atoms with E-state index in [0.717, 1.165) is 30.6 Å². The second-order valence-electron chi connectivity index (χ2n) is 20.4. The van der Waals surface area contributed by atoms with Gasteiger partial charge in [0.25, 0.3) is 0 Å². The highest BCUT2D eigenvalue weighted by Gasteiger charge is 2.56. The minimum Gasteiger partial charge on any atom is -0.353 e. The minimum atomic E-state index is -0.120. The maximum absolute atomic E-state index is 2.80. The van der Waals surface area contributed by atoms with E-state index in [1.165, 1.54) is 83.9 Å². The first kappa shape index (κ1) is 41.9. The summed E-state index contributed by atoms with van der Waals surface area (Å²) in [5, 5.41) is 2.49. The van der Waals surface area contributed by atoms with Gasteiger partial charge >= 0.3 is 0 Å². The summed E-state index contributed by atoms with van der Waals surface area (Å²) in [6, 6.07) is 61.0. The summed E-state index contributed by atoms with van der Waals surface area (Å²) >= 11 is 0. The summed E-state index contributed by atoms with van der Waals surface area (Å²) in [6.45, 7) is 24.0. The predicted octanol–water partition coefficient (Wildman–Crippen LogP) is 17.2. The summed E-state index contributed by atoms with van der Waals surface area (Å²) < 4.78 is 2.41. The van der Waals surface area contributed by atoms with Crippen molar-refractivity contribution >= 4 is 44.6 Å². The third-order valence-electron chi connectivity index (χ3n) is 15.2. The van der Waals surface area contributed by atoms with Gasteiger partial charge in [-0.25, -0.2) is 0 Å². The quantitative estimate of drug-likeness (QED) is 0.136. The van der Waals surface area contributed by atoms with Gasteiger partial charge in [0.1, 0.15) is 0 Å². The van der Waals surface area contributed by atoms with Crippen molar-refractivity contribution in [2.45, 2.75) is 111 Å². The largest absolute Gasteiger partial charge is 0.353 e. The molecule has 0 spiro atoms. The molecule has 0 amide bonds. The van der Waals surface area contributed by atoms with Gasteiger partial charge in [0.15, 0.2) is 0 Å². The average molecular weight is 839 g/mol. The number of fused-ring (bicyclic) bond motifs is 6. The van der Waals surface area contributed by atoms with E-state index in [4.69, 9.17) is 0 Å². The highest BCUT2D eigenvalue weighted by molar-refractivity contribution is 6.10. The van der Waals surface area contributed by atoms with Crippen molar-refractivity contribution in [2.75, 3.05) is 9.80 Å². The van der Waals surface area contributed by atoms with Gasteiger partial charge in [-0.15, -0.1) is 0 Å². The van der Waals surface area contributed by atoms with E-state index in [0.29, 0.717) is 11.8 Å². The van der Waals surface area contributed by atoms with Crippen molar-refractivity contribution < 1.29 is 0 Å². The number of anilines is 4. The maximum atomic E-state index is 2.80. The van der Waals surface area contributed by atoms with Gasteiger partial charge in [0, 0.05) is 55.6 Å². The summed E-state index contributed by atoms with van der Waals surface area (Å²) in [7, 11) is 0. The predicted molar refractivity (Wildman–Crippen MR) is 274 cm³/mol. The number of para-hydroxylation sites is 3. The van der Waals surface area contributed by atoms with Crippen LogP contribution in [-0.2, 0) is 5.41 Å². The van der Waals surface area contributed by atoms with E-state index < -0.39 is 0 Å². The van der Waals surface area contributed by atoms with E-state index in [9.17, 15) is 0 Å². The third-order valence-corrected chi connectivity index (χ3v) is 15.2. The molecule has 323 valence electrons. The van der Waals surface area contributed by atoms with Crippen LogP contribution in [0.15, 0.2) is 158 Å². The Morgan fingerprint density at radius 3 is 1.80 bits per heavy atom. The zero-order valence-corrected chi connectivity index (χ0v) is 39.6. The summed E-state index contributed by atoms with van der Waals surface area (Å²) in [6.07, 6.45) is 3.30. The Bertz CT molecular complexity index is 2990. The fourth-order valence-corrected chi connectivity index (χ4v) is 12.0. The normalized spacial score (nSPS) is 16.3. The maximum Gasteiger partial charge on any atom is 0.0994 e. The second kappa shape index (κ2) is 15.6. The molecule has 8 aromatic rings. The molecule has 0 saturated carbocycles.